The maximum absolute atomic E-state index is 4.83. The molecule has 0 atom stereocenters. The Bertz CT molecular complexity index is 808. The molecule has 1 aromatic carbocycles. The van der Waals surface area contributed by atoms with Gasteiger partial charge in [-0.2, -0.15) is 0 Å². The number of nitrogens with one attached hydrogen (secondary N) is 1. The van der Waals surface area contributed by atoms with Crippen molar-refractivity contribution in [3.05, 3.63) is 58.9 Å². The highest BCUT2D eigenvalue weighted by atomic mass is 15.1. The molecule has 0 saturated carbocycles. The van der Waals surface area contributed by atoms with E-state index in [1.54, 1.807) is 0 Å². The second-order valence-electron chi connectivity index (χ2n) is 6.25. The summed E-state index contributed by atoms with van der Waals surface area (Å²) in [6.45, 7) is 10.8. The zero-order valence-corrected chi connectivity index (χ0v) is 13.9. The van der Waals surface area contributed by atoms with Crippen molar-refractivity contribution in [2.75, 3.05) is 5.32 Å². The summed E-state index contributed by atoms with van der Waals surface area (Å²) in [5, 5.41) is 3.65. The third-order valence-corrected chi connectivity index (χ3v) is 4.14. The Labute approximate surface area is 132 Å². The van der Waals surface area contributed by atoms with Gasteiger partial charge in [-0.05, 0) is 49.9 Å². The number of hydrogen-bond acceptors (Lipinski definition) is 2. The van der Waals surface area contributed by atoms with Crippen LogP contribution in [0.4, 0.5) is 11.5 Å². The number of anilines is 2. The van der Waals surface area contributed by atoms with Crippen molar-refractivity contribution < 1.29 is 0 Å². The van der Waals surface area contributed by atoms with Gasteiger partial charge in [0.1, 0.15) is 11.5 Å². The van der Waals surface area contributed by atoms with Crippen molar-refractivity contribution in [2.24, 2.45) is 0 Å². The van der Waals surface area contributed by atoms with Crippen LogP contribution in [0.5, 0.6) is 0 Å². The number of fused-ring (bicyclic) bond motifs is 1. The highest BCUT2D eigenvalue weighted by Crippen LogP contribution is 2.31. The molecule has 3 aromatic rings. The normalized spacial score (nSPS) is 11.4. The standard InChI is InChI=1S/C19H23N3/c1-12(2)17-19(21-18-13(3)8-6-9-14(18)4)22-15(5)10-7-11-16(22)20-17/h6-12,21H,1-5H3. The van der Waals surface area contributed by atoms with Crippen LogP contribution in [0.1, 0.15) is 42.3 Å². The van der Waals surface area contributed by atoms with E-state index in [9.17, 15) is 0 Å². The number of imidazole rings is 1. The topological polar surface area (TPSA) is 29.3 Å². The molecule has 0 aliphatic heterocycles. The molecule has 114 valence electrons. The lowest BCUT2D eigenvalue weighted by Crippen LogP contribution is -2.04. The van der Waals surface area contributed by atoms with Gasteiger partial charge in [0.05, 0.1) is 5.69 Å². The van der Waals surface area contributed by atoms with E-state index in [0.717, 1.165) is 17.2 Å². The van der Waals surface area contributed by atoms with E-state index in [2.05, 4.69) is 80.7 Å². The van der Waals surface area contributed by atoms with Crippen LogP contribution in [0.15, 0.2) is 36.4 Å². The minimum Gasteiger partial charge on any atom is -0.339 e. The Morgan fingerprint density at radius 1 is 0.955 bits per heavy atom. The Hall–Kier alpha value is -2.29. The van der Waals surface area contributed by atoms with Crippen molar-refractivity contribution >= 4 is 17.2 Å². The summed E-state index contributed by atoms with van der Waals surface area (Å²) in [7, 11) is 0. The minimum atomic E-state index is 0.367. The smallest absolute Gasteiger partial charge is 0.138 e. The van der Waals surface area contributed by atoms with Crippen LogP contribution in [0, 0.1) is 20.8 Å². The molecule has 22 heavy (non-hydrogen) atoms. The summed E-state index contributed by atoms with van der Waals surface area (Å²) in [5.41, 5.74) is 6.96. The molecule has 0 amide bonds. The van der Waals surface area contributed by atoms with Gasteiger partial charge in [0, 0.05) is 11.4 Å². The van der Waals surface area contributed by atoms with E-state index in [1.165, 1.54) is 22.5 Å². The predicted molar refractivity (Wildman–Crippen MR) is 93.2 cm³/mol. The van der Waals surface area contributed by atoms with E-state index in [4.69, 9.17) is 4.98 Å². The van der Waals surface area contributed by atoms with Gasteiger partial charge in [-0.3, -0.25) is 4.40 Å². The summed E-state index contributed by atoms with van der Waals surface area (Å²) in [6.07, 6.45) is 0. The summed E-state index contributed by atoms with van der Waals surface area (Å²) in [5.74, 6) is 1.45. The van der Waals surface area contributed by atoms with Gasteiger partial charge in [0.15, 0.2) is 0 Å². The number of aromatic nitrogens is 2. The third-order valence-electron chi connectivity index (χ3n) is 4.14. The quantitative estimate of drug-likeness (QED) is 0.725. The average molecular weight is 293 g/mol. The van der Waals surface area contributed by atoms with Crippen molar-refractivity contribution in [3.63, 3.8) is 0 Å². The second kappa shape index (κ2) is 5.48. The number of benzene rings is 1. The third kappa shape index (κ3) is 2.37. The van der Waals surface area contributed by atoms with Gasteiger partial charge in [-0.25, -0.2) is 4.98 Å². The molecule has 0 spiro atoms. The Morgan fingerprint density at radius 2 is 1.59 bits per heavy atom. The second-order valence-corrected chi connectivity index (χ2v) is 6.25. The number of rotatable bonds is 3. The van der Waals surface area contributed by atoms with Gasteiger partial charge >= 0.3 is 0 Å². The molecule has 0 radical (unpaired) electrons. The molecule has 2 aromatic heterocycles. The van der Waals surface area contributed by atoms with Crippen molar-refractivity contribution in [2.45, 2.75) is 40.5 Å². The van der Waals surface area contributed by atoms with Crippen molar-refractivity contribution in [1.29, 1.82) is 0 Å². The summed E-state index contributed by atoms with van der Waals surface area (Å²) < 4.78 is 2.21. The first-order valence-electron chi connectivity index (χ1n) is 7.80. The molecule has 0 aliphatic rings. The molecule has 2 heterocycles. The van der Waals surface area contributed by atoms with E-state index < -0.39 is 0 Å². The Balaban J connectivity index is 2.23. The summed E-state index contributed by atoms with van der Waals surface area (Å²) in [4.78, 5) is 4.83. The fourth-order valence-electron chi connectivity index (χ4n) is 2.92. The van der Waals surface area contributed by atoms with Gasteiger partial charge in [-0.1, -0.05) is 38.1 Å². The first-order chi connectivity index (χ1) is 10.5. The van der Waals surface area contributed by atoms with Crippen molar-refractivity contribution in [3.8, 4) is 0 Å². The number of nitrogens with zero attached hydrogens (tertiary/aromatic N) is 2. The molecule has 3 rings (SSSR count). The van der Waals surface area contributed by atoms with Crippen LogP contribution < -0.4 is 5.32 Å². The SMILES string of the molecule is Cc1cccc(C)c1Nc1c(C(C)C)nc2cccc(C)n12. The maximum Gasteiger partial charge on any atom is 0.138 e. The lowest BCUT2D eigenvalue weighted by atomic mass is 10.1. The van der Waals surface area contributed by atoms with Crippen LogP contribution >= 0.6 is 0 Å². The van der Waals surface area contributed by atoms with Crippen LogP contribution in [0.3, 0.4) is 0 Å². The van der Waals surface area contributed by atoms with E-state index in [-0.39, 0.29) is 0 Å². The van der Waals surface area contributed by atoms with Gasteiger partial charge in [0.25, 0.3) is 0 Å². The van der Waals surface area contributed by atoms with E-state index in [0.29, 0.717) is 5.92 Å². The monoisotopic (exact) mass is 293 g/mol. The number of aryl methyl sites for hydroxylation is 3. The van der Waals surface area contributed by atoms with Crippen LogP contribution in [0.2, 0.25) is 0 Å². The van der Waals surface area contributed by atoms with Crippen LogP contribution in [-0.2, 0) is 0 Å². The van der Waals surface area contributed by atoms with E-state index >= 15 is 0 Å². The van der Waals surface area contributed by atoms with E-state index in [1.807, 2.05) is 0 Å². The Morgan fingerprint density at radius 3 is 2.23 bits per heavy atom. The molecule has 0 saturated heterocycles. The van der Waals surface area contributed by atoms with Crippen LogP contribution in [0.25, 0.3) is 5.65 Å². The first kappa shape index (κ1) is 14.6. The largest absolute Gasteiger partial charge is 0.339 e. The lowest BCUT2D eigenvalue weighted by molar-refractivity contribution is 0.836. The van der Waals surface area contributed by atoms with Gasteiger partial charge in [0.2, 0.25) is 0 Å². The molecular formula is C19H23N3. The molecule has 0 fully saturated rings. The lowest BCUT2D eigenvalue weighted by Gasteiger charge is -2.15. The maximum atomic E-state index is 4.83. The zero-order chi connectivity index (χ0) is 15.9. The molecule has 0 aliphatic carbocycles. The van der Waals surface area contributed by atoms with Crippen molar-refractivity contribution in [1.82, 2.24) is 9.38 Å². The highest BCUT2D eigenvalue weighted by molar-refractivity contribution is 5.69. The van der Waals surface area contributed by atoms with Crippen LogP contribution in [-0.4, -0.2) is 9.38 Å². The fourth-order valence-corrected chi connectivity index (χ4v) is 2.92. The molecular weight excluding hydrogens is 270 g/mol. The first-order valence-corrected chi connectivity index (χ1v) is 7.80. The Kier molecular flexibility index (Phi) is 3.65. The molecule has 1 N–H and O–H groups in total. The minimum absolute atomic E-state index is 0.367. The van der Waals surface area contributed by atoms with Gasteiger partial charge < -0.3 is 5.32 Å². The summed E-state index contributed by atoms with van der Waals surface area (Å²) >= 11 is 0. The molecule has 3 nitrogen and oxygen atoms in total. The summed E-state index contributed by atoms with van der Waals surface area (Å²) in [6, 6.07) is 12.6. The zero-order valence-electron chi connectivity index (χ0n) is 13.9. The molecule has 0 bridgehead atoms. The highest BCUT2D eigenvalue weighted by Gasteiger charge is 2.17. The molecule has 3 heteroatoms. The predicted octanol–water partition coefficient (Wildman–Crippen LogP) is 5.13. The number of pyridine rings is 1. The molecule has 0 unspecified atom stereocenters. The number of para-hydroxylation sites is 1. The average Bonchev–Trinajstić information content (AvgIpc) is 2.83. The van der Waals surface area contributed by atoms with Gasteiger partial charge in [-0.15, -0.1) is 0 Å². The fraction of sp³-hybridized carbons (Fsp3) is 0.316. The number of hydrogen-bond donors (Lipinski definition) is 1.